The first kappa shape index (κ1) is 14.6. The monoisotopic (exact) mass is 273 g/mol. The van der Waals surface area contributed by atoms with Gasteiger partial charge in [0.05, 0.1) is 12.4 Å². The Labute approximate surface area is 120 Å². The Hall–Kier alpha value is -1.81. The number of benzene rings is 1. The predicted octanol–water partition coefficient (Wildman–Crippen LogP) is 2.54. The number of hydrogen-bond donors (Lipinski definition) is 1. The van der Waals surface area contributed by atoms with Crippen molar-refractivity contribution in [1.82, 2.24) is 15.1 Å². The van der Waals surface area contributed by atoms with Crippen LogP contribution in [0.3, 0.4) is 0 Å². The number of aryl methyl sites for hydroxylation is 1. The highest BCUT2D eigenvalue weighted by atomic mass is 16.5. The van der Waals surface area contributed by atoms with Gasteiger partial charge in [0.25, 0.3) is 0 Å². The van der Waals surface area contributed by atoms with E-state index in [1.807, 2.05) is 13.2 Å². The van der Waals surface area contributed by atoms with Gasteiger partial charge in [-0.3, -0.25) is 4.68 Å². The summed E-state index contributed by atoms with van der Waals surface area (Å²) in [6.07, 6.45) is 5.86. The molecule has 1 aromatic heterocycles. The summed E-state index contributed by atoms with van der Waals surface area (Å²) in [4.78, 5) is 0. The SMILES string of the molecule is CCCNCCc1ccc(COc2cnn(C)c2)cc1. The molecule has 1 heterocycles. The molecule has 0 atom stereocenters. The minimum atomic E-state index is 0.583. The number of aromatic nitrogens is 2. The summed E-state index contributed by atoms with van der Waals surface area (Å²) in [7, 11) is 1.88. The van der Waals surface area contributed by atoms with E-state index in [0.717, 1.165) is 25.3 Å². The van der Waals surface area contributed by atoms with Crippen LogP contribution >= 0.6 is 0 Å². The van der Waals surface area contributed by atoms with Crippen molar-refractivity contribution in [1.29, 1.82) is 0 Å². The second-order valence-corrected chi connectivity index (χ2v) is 4.95. The Morgan fingerprint density at radius 1 is 1.15 bits per heavy atom. The zero-order valence-electron chi connectivity index (χ0n) is 12.3. The van der Waals surface area contributed by atoms with Gasteiger partial charge < -0.3 is 10.1 Å². The fourth-order valence-corrected chi connectivity index (χ4v) is 1.98. The average Bonchev–Trinajstić information content (AvgIpc) is 2.88. The largest absolute Gasteiger partial charge is 0.486 e. The lowest BCUT2D eigenvalue weighted by atomic mass is 10.1. The van der Waals surface area contributed by atoms with Gasteiger partial charge in [-0.15, -0.1) is 0 Å². The Bertz CT molecular complexity index is 505. The van der Waals surface area contributed by atoms with Crippen molar-refractivity contribution in [3.63, 3.8) is 0 Å². The molecule has 0 amide bonds. The van der Waals surface area contributed by atoms with E-state index in [0.29, 0.717) is 6.61 Å². The fourth-order valence-electron chi connectivity index (χ4n) is 1.98. The van der Waals surface area contributed by atoms with Gasteiger partial charge in [0.1, 0.15) is 6.61 Å². The van der Waals surface area contributed by atoms with Crippen LogP contribution in [0, 0.1) is 0 Å². The van der Waals surface area contributed by atoms with E-state index in [2.05, 4.69) is 41.6 Å². The summed E-state index contributed by atoms with van der Waals surface area (Å²) in [5, 5.41) is 7.49. The minimum Gasteiger partial charge on any atom is -0.486 e. The molecule has 0 saturated carbocycles. The van der Waals surface area contributed by atoms with Crippen LogP contribution in [0.15, 0.2) is 36.7 Å². The normalized spacial score (nSPS) is 10.7. The summed E-state index contributed by atoms with van der Waals surface area (Å²) in [5.41, 5.74) is 2.54. The smallest absolute Gasteiger partial charge is 0.157 e. The van der Waals surface area contributed by atoms with Crippen molar-refractivity contribution in [2.24, 2.45) is 7.05 Å². The number of ether oxygens (including phenoxy) is 1. The van der Waals surface area contributed by atoms with Gasteiger partial charge in [0, 0.05) is 7.05 Å². The van der Waals surface area contributed by atoms with Crippen LogP contribution in [0.25, 0.3) is 0 Å². The van der Waals surface area contributed by atoms with E-state index in [4.69, 9.17) is 4.74 Å². The van der Waals surface area contributed by atoms with E-state index in [1.54, 1.807) is 10.9 Å². The molecule has 0 unspecified atom stereocenters. The molecule has 0 radical (unpaired) electrons. The molecule has 0 saturated heterocycles. The summed E-state index contributed by atoms with van der Waals surface area (Å²) in [6, 6.07) is 8.61. The van der Waals surface area contributed by atoms with Crippen LogP contribution in [-0.2, 0) is 20.1 Å². The Balaban J connectivity index is 1.76. The number of hydrogen-bond acceptors (Lipinski definition) is 3. The third kappa shape index (κ3) is 4.70. The molecule has 1 aromatic carbocycles. The standard InChI is InChI=1S/C16H23N3O/c1-3-9-17-10-8-14-4-6-15(7-5-14)13-20-16-11-18-19(2)12-16/h4-7,11-12,17H,3,8-10,13H2,1-2H3. The van der Waals surface area contributed by atoms with Gasteiger partial charge in [-0.05, 0) is 37.1 Å². The lowest BCUT2D eigenvalue weighted by molar-refractivity contribution is 0.306. The quantitative estimate of drug-likeness (QED) is 0.751. The molecule has 20 heavy (non-hydrogen) atoms. The third-order valence-corrected chi connectivity index (χ3v) is 3.13. The minimum absolute atomic E-state index is 0.583. The van der Waals surface area contributed by atoms with E-state index in [-0.39, 0.29) is 0 Å². The van der Waals surface area contributed by atoms with E-state index < -0.39 is 0 Å². The average molecular weight is 273 g/mol. The summed E-state index contributed by atoms with van der Waals surface area (Å²) in [5.74, 6) is 0.806. The molecule has 0 aliphatic carbocycles. The maximum absolute atomic E-state index is 5.67. The Kier molecular flexibility index (Phi) is 5.62. The molecule has 0 fully saturated rings. The van der Waals surface area contributed by atoms with Gasteiger partial charge in [-0.2, -0.15) is 5.10 Å². The highest BCUT2D eigenvalue weighted by Gasteiger charge is 1.99. The van der Waals surface area contributed by atoms with E-state index in [9.17, 15) is 0 Å². The predicted molar refractivity (Wildman–Crippen MR) is 80.8 cm³/mol. The van der Waals surface area contributed by atoms with Crippen LogP contribution in [0.5, 0.6) is 5.75 Å². The molecular weight excluding hydrogens is 250 g/mol. The fraction of sp³-hybridized carbons (Fsp3) is 0.438. The highest BCUT2D eigenvalue weighted by Crippen LogP contribution is 2.11. The molecule has 108 valence electrons. The van der Waals surface area contributed by atoms with Crippen molar-refractivity contribution in [3.05, 3.63) is 47.8 Å². The molecule has 2 rings (SSSR count). The van der Waals surface area contributed by atoms with Crippen molar-refractivity contribution in [3.8, 4) is 5.75 Å². The second kappa shape index (κ2) is 7.70. The molecule has 1 N–H and O–H groups in total. The number of nitrogens with one attached hydrogen (secondary N) is 1. The van der Waals surface area contributed by atoms with Crippen LogP contribution in [0.4, 0.5) is 0 Å². The zero-order valence-corrected chi connectivity index (χ0v) is 12.3. The van der Waals surface area contributed by atoms with Crippen molar-refractivity contribution in [2.45, 2.75) is 26.4 Å². The molecule has 0 aliphatic heterocycles. The van der Waals surface area contributed by atoms with Gasteiger partial charge in [0.2, 0.25) is 0 Å². The zero-order chi connectivity index (χ0) is 14.2. The molecule has 4 heteroatoms. The van der Waals surface area contributed by atoms with Crippen molar-refractivity contribution in [2.75, 3.05) is 13.1 Å². The summed E-state index contributed by atoms with van der Waals surface area (Å²) < 4.78 is 7.41. The topological polar surface area (TPSA) is 39.1 Å². The second-order valence-electron chi connectivity index (χ2n) is 4.95. The molecule has 0 aliphatic rings. The lowest BCUT2D eigenvalue weighted by Crippen LogP contribution is -2.17. The van der Waals surface area contributed by atoms with Gasteiger partial charge in [0.15, 0.2) is 5.75 Å². The van der Waals surface area contributed by atoms with Crippen LogP contribution in [-0.4, -0.2) is 22.9 Å². The van der Waals surface area contributed by atoms with Gasteiger partial charge >= 0.3 is 0 Å². The first-order chi connectivity index (χ1) is 9.78. The highest BCUT2D eigenvalue weighted by molar-refractivity contribution is 5.23. The third-order valence-electron chi connectivity index (χ3n) is 3.13. The maximum atomic E-state index is 5.67. The van der Waals surface area contributed by atoms with E-state index in [1.165, 1.54) is 17.5 Å². The van der Waals surface area contributed by atoms with Crippen LogP contribution in [0.2, 0.25) is 0 Å². The molecule has 4 nitrogen and oxygen atoms in total. The molecule has 2 aromatic rings. The van der Waals surface area contributed by atoms with Gasteiger partial charge in [-0.25, -0.2) is 0 Å². The Morgan fingerprint density at radius 2 is 1.90 bits per heavy atom. The summed E-state index contributed by atoms with van der Waals surface area (Å²) in [6.45, 7) is 4.90. The first-order valence-corrected chi connectivity index (χ1v) is 7.18. The maximum Gasteiger partial charge on any atom is 0.157 e. The lowest BCUT2D eigenvalue weighted by Gasteiger charge is -2.06. The van der Waals surface area contributed by atoms with Crippen molar-refractivity contribution >= 4 is 0 Å². The van der Waals surface area contributed by atoms with Crippen molar-refractivity contribution < 1.29 is 4.74 Å². The molecule has 0 spiro atoms. The number of nitrogens with zero attached hydrogens (tertiary/aromatic N) is 2. The summed E-state index contributed by atoms with van der Waals surface area (Å²) >= 11 is 0. The van der Waals surface area contributed by atoms with E-state index >= 15 is 0 Å². The van der Waals surface area contributed by atoms with Crippen LogP contribution in [0.1, 0.15) is 24.5 Å². The van der Waals surface area contributed by atoms with Crippen LogP contribution < -0.4 is 10.1 Å². The first-order valence-electron chi connectivity index (χ1n) is 7.18. The molecule has 0 bridgehead atoms. The van der Waals surface area contributed by atoms with Gasteiger partial charge in [-0.1, -0.05) is 31.2 Å². The number of rotatable bonds is 8. The molecular formula is C16H23N3O. The Morgan fingerprint density at radius 3 is 2.55 bits per heavy atom.